The van der Waals surface area contributed by atoms with E-state index in [9.17, 15) is 0 Å². The normalized spacial score (nSPS) is 12.0. The van der Waals surface area contributed by atoms with Gasteiger partial charge in [-0.3, -0.25) is 0 Å². The van der Waals surface area contributed by atoms with Gasteiger partial charge < -0.3 is 14.8 Å². The zero-order valence-electron chi connectivity index (χ0n) is 12.7. The third kappa shape index (κ3) is 5.01. The number of rotatable bonds is 9. The van der Waals surface area contributed by atoms with Crippen molar-refractivity contribution in [2.45, 2.75) is 39.5 Å². The van der Waals surface area contributed by atoms with Crippen LogP contribution >= 0.6 is 0 Å². The number of nitrogens with one attached hydrogen (secondary N) is 1. The molecule has 1 aromatic rings. The van der Waals surface area contributed by atoms with Crippen molar-refractivity contribution in [1.82, 2.24) is 0 Å². The first-order chi connectivity index (χ1) is 9.24. The molecule has 0 aliphatic heterocycles. The smallest absolute Gasteiger partial charge is 0.145 e. The van der Waals surface area contributed by atoms with Gasteiger partial charge in [-0.1, -0.05) is 33.1 Å². The summed E-state index contributed by atoms with van der Waals surface area (Å²) in [5.74, 6) is 2.39. The molecule has 0 aliphatic rings. The van der Waals surface area contributed by atoms with Crippen molar-refractivity contribution in [2.24, 2.45) is 5.92 Å². The van der Waals surface area contributed by atoms with Crippen molar-refractivity contribution in [1.29, 1.82) is 0 Å². The largest absolute Gasteiger partial charge is 0.497 e. The molecule has 1 aromatic carbocycles. The van der Waals surface area contributed by atoms with Gasteiger partial charge in [0.15, 0.2) is 0 Å². The second-order valence-electron chi connectivity index (χ2n) is 4.86. The maximum Gasteiger partial charge on any atom is 0.145 e. The fourth-order valence-corrected chi connectivity index (χ4v) is 2.14. The fraction of sp³-hybridized carbons (Fsp3) is 0.625. The highest BCUT2D eigenvalue weighted by Gasteiger charge is 2.08. The van der Waals surface area contributed by atoms with Crippen LogP contribution in [0.3, 0.4) is 0 Å². The zero-order chi connectivity index (χ0) is 14.1. The van der Waals surface area contributed by atoms with E-state index in [0.717, 1.165) is 29.6 Å². The van der Waals surface area contributed by atoms with Gasteiger partial charge in [-0.2, -0.15) is 0 Å². The molecule has 19 heavy (non-hydrogen) atoms. The van der Waals surface area contributed by atoms with Crippen LogP contribution in [0.25, 0.3) is 0 Å². The van der Waals surface area contributed by atoms with Gasteiger partial charge in [0.2, 0.25) is 0 Å². The summed E-state index contributed by atoms with van der Waals surface area (Å²) >= 11 is 0. The van der Waals surface area contributed by atoms with E-state index in [1.165, 1.54) is 25.7 Å². The van der Waals surface area contributed by atoms with Crippen molar-refractivity contribution < 1.29 is 9.47 Å². The summed E-state index contributed by atoms with van der Waals surface area (Å²) in [7, 11) is 3.36. The van der Waals surface area contributed by atoms with Crippen LogP contribution in [0.15, 0.2) is 18.2 Å². The molecule has 0 spiro atoms. The average molecular weight is 265 g/mol. The molecule has 0 radical (unpaired) electrons. The molecule has 1 unspecified atom stereocenters. The number of anilines is 1. The lowest BCUT2D eigenvalue weighted by Crippen LogP contribution is -2.14. The lowest BCUT2D eigenvalue weighted by molar-refractivity contribution is 0.395. The molecule has 1 N–H and O–H groups in total. The van der Waals surface area contributed by atoms with Crippen LogP contribution in [-0.4, -0.2) is 20.8 Å². The van der Waals surface area contributed by atoms with E-state index < -0.39 is 0 Å². The lowest BCUT2D eigenvalue weighted by Gasteiger charge is -2.18. The minimum Gasteiger partial charge on any atom is -0.497 e. The van der Waals surface area contributed by atoms with Crippen LogP contribution in [0.4, 0.5) is 5.69 Å². The SMILES string of the molecule is CCCCC(CC)CNc1ccc(OC)cc1OC. The van der Waals surface area contributed by atoms with E-state index in [1.807, 2.05) is 18.2 Å². The summed E-state index contributed by atoms with van der Waals surface area (Å²) in [6.45, 7) is 5.50. The van der Waals surface area contributed by atoms with Gasteiger partial charge in [0.05, 0.1) is 19.9 Å². The Bertz CT molecular complexity index is 366. The number of ether oxygens (including phenoxy) is 2. The Hall–Kier alpha value is -1.38. The third-order valence-corrected chi connectivity index (χ3v) is 3.53. The Kier molecular flexibility index (Phi) is 7.16. The molecule has 0 aliphatic carbocycles. The van der Waals surface area contributed by atoms with E-state index in [0.29, 0.717) is 0 Å². The topological polar surface area (TPSA) is 30.5 Å². The lowest BCUT2D eigenvalue weighted by atomic mass is 9.99. The molecule has 0 fully saturated rings. The van der Waals surface area contributed by atoms with Crippen molar-refractivity contribution in [3.05, 3.63) is 18.2 Å². The van der Waals surface area contributed by atoms with Crippen LogP contribution < -0.4 is 14.8 Å². The van der Waals surface area contributed by atoms with E-state index in [2.05, 4.69) is 19.2 Å². The molecule has 1 rings (SSSR count). The van der Waals surface area contributed by atoms with E-state index >= 15 is 0 Å². The second-order valence-corrected chi connectivity index (χ2v) is 4.86. The van der Waals surface area contributed by atoms with Crippen molar-refractivity contribution >= 4 is 5.69 Å². The molecule has 0 bridgehead atoms. The van der Waals surface area contributed by atoms with Gasteiger partial charge in [-0.25, -0.2) is 0 Å². The summed E-state index contributed by atoms with van der Waals surface area (Å²) in [5.41, 5.74) is 1.04. The van der Waals surface area contributed by atoms with Gasteiger partial charge in [0.25, 0.3) is 0 Å². The molecular formula is C16H27NO2. The van der Waals surface area contributed by atoms with Crippen molar-refractivity contribution in [3.63, 3.8) is 0 Å². The molecular weight excluding hydrogens is 238 g/mol. The number of hydrogen-bond acceptors (Lipinski definition) is 3. The fourth-order valence-electron chi connectivity index (χ4n) is 2.14. The second kappa shape index (κ2) is 8.68. The Morgan fingerprint density at radius 1 is 1.16 bits per heavy atom. The van der Waals surface area contributed by atoms with Crippen LogP contribution in [0, 0.1) is 5.92 Å². The molecule has 3 heteroatoms. The van der Waals surface area contributed by atoms with Gasteiger partial charge >= 0.3 is 0 Å². The first kappa shape index (κ1) is 15.7. The summed E-state index contributed by atoms with van der Waals surface area (Å²) in [5, 5.41) is 3.49. The van der Waals surface area contributed by atoms with Gasteiger partial charge in [-0.15, -0.1) is 0 Å². The van der Waals surface area contributed by atoms with E-state index in [1.54, 1.807) is 14.2 Å². The molecule has 0 amide bonds. The third-order valence-electron chi connectivity index (χ3n) is 3.53. The summed E-state index contributed by atoms with van der Waals surface area (Å²) in [6, 6.07) is 5.89. The minimum absolute atomic E-state index is 0.728. The van der Waals surface area contributed by atoms with Crippen LogP contribution in [0.5, 0.6) is 11.5 Å². The predicted octanol–water partition coefficient (Wildman–Crippen LogP) is 4.33. The first-order valence-corrected chi connectivity index (χ1v) is 7.21. The van der Waals surface area contributed by atoms with Crippen molar-refractivity contribution in [3.8, 4) is 11.5 Å². The standard InChI is InChI=1S/C16H27NO2/c1-5-7-8-13(6-2)12-17-15-10-9-14(18-3)11-16(15)19-4/h9-11,13,17H,5-8,12H2,1-4H3. The number of unbranched alkanes of at least 4 members (excludes halogenated alkanes) is 1. The Balaban J connectivity index is 2.60. The average Bonchev–Trinajstić information content (AvgIpc) is 2.47. The highest BCUT2D eigenvalue weighted by molar-refractivity contribution is 5.59. The van der Waals surface area contributed by atoms with Gasteiger partial charge in [0.1, 0.15) is 11.5 Å². The zero-order valence-corrected chi connectivity index (χ0v) is 12.7. The molecule has 3 nitrogen and oxygen atoms in total. The quantitative estimate of drug-likeness (QED) is 0.720. The monoisotopic (exact) mass is 265 g/mol. The maximum atomic E-state index is 5.39. The highest BCUT2D eigenvalue weighted by atomic mass is 16.5. The van der Waals surface area contributed by atoms with Crippen LogP contribution in [-0.2, 0) is 0 Å². The molecule has 0 saturated carbocycles. The molecule has 108 valence electrons. The van der Waals surface area contributed by atoms with Gasteiger partial charge in [0, 0.05) is 12.6 Å². The number of hydrogen-bond donors (Lipinski definition) is 1. The summed E-state index contributed by atoms with van der Waals surface area (Å²) < 4.78 is 10.6. The molecule has 0 saturated heterocycles. The first-order valence-electron chi connectivity index (χ1n) is 7.21. The highest BCUT2D eigenvalue weighted by Crippen LogP contribution is 2.29. The summed E-state index contributed by atoms with van der Waals surface area (Å²) in [6.07, 6.45) is 5.08. The van der Waals surface area contributed by atoms with Crippen LogP contribution in [0.2, 0.25) is 0 Å². The Labute approximate surface area is 117 Å². The van der Waals surface area contributed by atoms with Crippen LogP contribution in [0.1, 0.15) is 39.5 Å². The van der Waals surface area contributed by atoms with Crippen molar-refractivity contribution in [2.75, 3.05) is 26.1 Å². The Morgan fingerprint density at radius 3 is 2.53 bits per heavy atom. The predicted molar refractivity (Wildman–Crippen MR) is 81.3 cm³/mol. The molecule has 0 heterocycles. The van der Waals surface area contributed by atoms with Gasteiger partial charge in [-0.05, 0) is 24.5 Å². The molecule has 0 aromatic heterocycles. The number of benzene rings is 1. The minimum atomic E-state index is 0.728. The Morgan fingerprint density at radius 2 is 1.95 bits per heavy atom. The van der Waals surface area contributed by atoms with E-state index in [-0.39, 0.29) is 0 Å². The van der Waals surface area contributed by atoms with E-state index in [4.69, 9.17) is 9.47 Å². The molecule has 1 atom stereocenters. The summed E-state index contributed by atoms with van der Waals surface area (Å²) in [4.78, 5) is 0. The maximum absolute atomic E-state index is 5.39. The number of methoxy groups -OCH3 is 2.